The summed E-state index contributed by atoms with van der Waals surface area (Å²) in [4.78, 5) is 13.7. The van der Waals surface area contributed by atoms with E-state index >= 15 is 0 Å². The Morgan fingerprint density at radius 3 is 2.44 bits per heavy atom. The van der Waals surface area contributed by atoms with Crippen LogP contribution in [0.15, 0.2) is 24.3 Å². The summed E-state index contributed by atoms with van der Waals surface area (Å²) in [5.41, 5.74) is 6.52. The van der Waals surface area contributed by atoms with Crippen molar-refractivity contribution < 1.29 is 9.18 Å². The van der Waals surface area contributed by atoms with Gasteiger partial charge in [0.05, 0.1) is 0 Å². The Labute approximate surface area is 113 Å². The lowest BCUT2D eigenvalue weighted by Crippen LogP contribution is -2.32. The van der Waals surface area contributed by atoms with Crippen molar-refractivity contribution in [3.8, 4) is 0 Å². The highest BCUT2D eigenvalue weighted by atomic mass is 35.5. The summed E-state index contributed by atoms with van der Waals surface area (Å²) in [6.07, 6.45) is 2.52. The molecule has 18 heavy (non-hydrogen) atoms. The fourth-order valence-corrected chi connectivity index (χ4v) is 2.31. The minimum atomic E-state index is -0.294. The van der Waals surface area contributed by atoms with E-state index in [1.807, 2.05) is 0 Å². The summed E-state index contributed by atoms with van der Waals surface area (Å²) in [5.74, 6) is -0.206. The molecule has 1 aliphatic rings. The molecule has 0 spiro atoms. The van der Waals surface area contributed by atoms with E-state index in [4.69, 9.17) is 5.73 Å². The van der Waals surface area contributed by atoms with E-state index in [-0.39, 0.29) is 36.1 Å². The average Bonchev–Trinajstić information content (AvgIpc) is 2.75. The monoisotopic (exact) mass is 272 g/mol. The van der Waals surface area contributed by atoms with Crippen molar-refractivity contribution in [1.29, 1.82) is 0 Å². The standard InChI is InChI=1S/C13H17FN2O.ClH/c1-16(12-6-3-10(14)4-7-12)13(17)9-2-5-11(15)8-9;/h3-4,6-7,9,11H,2,5,8,15H2,1H3;1H. The first-order valence-corrected chi connectivity index (χ1v) is 5.86. The quantitative estimate of drug-likeness (QED) is 0.898. The van der Waals surface area contributed by atoms with Crippen molar-refractivity contribution in [2.45, 2.75) is 25.3 Å². The fourth-order valence-electron chi connectivity index (χ4n) is 2.31. The van der Waals surface area contributed by atoms with Gasteiger partial charge in [-0.2, -0.15) is 0 Å². The number of nitrogens with two attached hydrogens (primary N) is 1. The van der Waals surface area contributed by atoms with Crippen molar-refractivity contribution in [2.24, 2.45) is 11.7 Å². The van der Waals surface area contributed by atoms with Crippen molar-refractivity contribution in [1.82, 2.24) is 0 Å². The Bertz CT molecular complexity index is 410. The minimum absolute atomic E-state index is 0. The van der Waals surface area contributed by atoms with Gasteiger partial charge >= 0.3 is 0 Å². The highest BCUT2D eigenvalue weighted by molar-refractivity contribution is 5.94. The Morgan fingerprint density at radius 2 is 1.94 bits per heavy atom. The molecule has 2 atom stereocenters. The molecule has 0 radical (unpaired) electrons. The first kappa shape index (κ1) is 14.9. The van der Waals surface area contributed by atoms with Crippen LogP contribution in [0.25, 0.3) is 0 Å². The van der Waals surface area contributed by atoms with Crippen LogP contribution in [0, 0.1) is 11.7 Å². The zero-order valence-electron chi connectivity index (χ0n) is 10.3. The first-order valence-electron chi connectivity index (χ1n) is 5.86. The van der Waals surface area contributed by atoms with Gasteiger partial charge in [-0.15, -0.1) is 12.4 Å². The van der Waals surface area contributed by atoms with Gasteiger partial charge in [0.1, 0.15) is 5.82 Å². The van der Waals surface area contributed by atoms with Crippen molar-refractivity contribution in [2.75, 3.05) is 11.9 Å². The molecule has 100 valence electrons. The lowest BCUT2D eigenvalue weighted by Gasteiger charge is -2.21. The Morgan fingerprint density at radius 1 is 1.33 bits per heavy atom. The molecule has 0 aromatic heterocycles. The third-order valence-corrected chi connectivity index (χ3v) is 3.37. The molecule has 5 heteroatoms. The molecular weight excluding hydrogens is 255 g/mol. The van der Waals surface area contributed by atoms with Gasteiger partial charge < -0.3 is 10.6 Å². The van der Waals surface area contributed by atoms with Crippen LogP contribution in [0.4, 0.5) is 10.1 Å². The predicted octanol–water partition coefficient (Wildman–Crippen LogP) is 2.34. The van der Waals surface area contributed by atoms with Crippen LogP contribution in [0.1, 0.15) is 19.3 Å². The summed E-state index contributed by atoms with van der Waals surface area (Å²) in [6, 6.07) is 6.09. The molecule has 1 fully saturated rings. The average molecular weight is 273 g/mol. The van der Waals surface area contributed by atoms with Gasteiger partial charge in [0.15, 0.2) is 0 Å². The number of anilines is 1. The van der Waals surface area contributed by atoms with Gasteiger partial charge in [0, 0.05) is 24.7 Å². The molecule has 2 unspecified atom stereocenters. The lowest BCUT2D eigenvalue weighted by molar-refractivity contribution is -0.121. The molecule has 1 amide bonds. The van der Waals surface area contributed by atoms with E-state index in [1.54, 1.807) is 24.1 Å². The van der Waals surface area contributed by atoms with E-state index in [1.165, 1.54) is 12.1 Å². The normalized spacial score (nSPS) is 22.4. The second kappa shape index (κ2) is 6.16. The van der Waals surface area contributed by atoms with E-state index in [0.717, 1.165) is 24.9 Å². The molecule has 1 saturated carbocycles. The first-order chi connectivity index (χ1) is 8.08. The summed E-state index contributed by atoms with van der Waals surface area (Å²) in [5, 5.41) is 0. The summed E-state index contributed by atoms with van der Waals surface area (Å²) < 4.78 is 12.8. The third kappa shape index (κ3) is 3.21. The maximum atomic E-state index is 12.8. The van der Waals surface area contributed by atoms with E-state index < -0.39 is 0 Å². The number of rotatable bonds is 2. The maximum Gasteiger partial charge on any atom is 0.229 e. The number of carbonyl (C=O) groups excluding carboxylic acids is 1. The number of benzene rings is 1. The van der Waals surface area contributed by atoms with E-state index in [9.17, 15) is 9.18 Å². The number of carbonyl (C=O) groups is 1. The molecule has 1 aromatic rings. The molecule has 2 rings (SSSR count). The van der Waals surface area contributed by atoms with Gasteiger partial charge in [-0.3, -0.25) is 4.79 Å². The highest BCUT2D eigenvalue weighted by Crippen LogP contribution is 2.27. The number of amides is 1. The lowest BCUT2D eigenvalue weighted by atomic mass is 10.1. The summed E-state index contributed by atoms with van der Waals surface area (Å²) in [7, 11) is 1.72. The number of nitrogens with zero attached hydrogens (tertiary/aromatic N) is 1. The van der Waals surface area contributed by atoms with E-state index in [0.29, 0.717) is 0 Å². The Kier molecular flexibility index (Phi) is 5.11. The summed E-state index contributed by atoms with van der Waals surface area (Å²) >= 11 is 0. The molecule has 0 aliphatic heterocycles. The fraction of sp³-hybridized carbons (Fsp3) is 0.462. The number of hydrogen-bond acceptors (Lipinski definition) is 2. The van der Waals surface area contributed by atoms with Gasteiger partial charge in [-0.1, -0.05) is 0 Å². The van der Waals surface area contributed by atoms with Crippen LogP contribution in [0.2, 0.25) is 0 Å². The number of hydrogen-bond donors (Lipinski definition) is 1. The third-order valence-electron chi connectivity index (χ3n) is 3.37. The number of halogens is 2. The zero-order chi connectivity index (χ0) is 12.4. The predicted molar refractivity (Wildman–Crippen MR) is 72.4 cm³/mol. The van der Waals surface area contributed by atoms with Crippen LogP contribution in [-0.2, 0) is 4.79 Å². The van der Waals surface area contributed by atoms with Gasteiger partial charge in [0.25, 0.3) is 0 Å². The SMILES string of the molecule is CN(C(=O)C1CCC(N)C1)c1ccc(F)cc1.Cl. The molecule has 1 aliphatic carbocycles. The Balaban J connectivity index is 0.00000162. The highest BCUT2D eigenvalue weighted by Gasteiger charge is 2.30. The second-order valence-corrected chi connectivity index (χ2v) is 4.64. The maximum absolute atomic E-state index is 12.8. The van der Waals surface area contributed by atoms with Crippen LogP contribution >= 0.6 is 12.4 Å². The molecule has 2 N–H and O–H groups in total. The summed E-state index contributed by atoms with van der Waals surface area (Å²) in [6.45, 7) is 0. The molecule has 1 aromatic carbocycles. The van der Waals surface area contributed by atoms with Crippen molar-refractivity contribution >= 4 is 24.0 Å². The van der Waals surface area contributed by atoms with Gasteiger partial charge in [-0.05, 0) is 43.5 Å². The smallest absolute Gasteiger partial charge is 0.229 e. The van der Waals surface area contributed by atoms with Crippen LogP contribution < -0.4 is 10.6 Å². The van der Waals surface area contributed by atoms with Crippen LogP contribution in [0.3, 0.4) is 0 Å². The topological polar surface area (TPSA) is 46.3 Å². The molecule has 0 heterocycles. The largest absolute Gasteiger partial charge is 0.328 e. The molecule has 0 saturated heterocycles. The van der Waals surface area contributed by atoms with Crippen LogP contribution in [0.5, 0.6) is 0 Å². The molecule has 3 nitrogen and oxygen atoms in total. The minimum Gasteiger partial charge on any atom is -0.328 e. The molecule has 0 bridgehead atoms. The molecular formula is C13H18ClFN2O. The zero-order valence-corrected chi connectivity index (χ0v) is 11.1. The van der Waals surface area contributed by atoms with Crippen molar-refractivity contribution in [3.05, 3.63) is 30.1 Å². The van der Waals surface area contributed by atoms with Crippen molar-refractivity contribution in [3.63, 3.8) is 0 Å². The van der Waals surface area contributed by atoms with Gasteiger partial charge in [0.2, 0.25) is 5.91 Å². The van der Waals surface area contributed by atoms with Gasteiger partial charge in [-0.25, -0.2) is 4.39 Å². The second-order valence-electron chi connectivity index (χ2n) is 4.64. The van der Waals surface area contributed by atoms with E-state index in [2.05, 4.69) is 0 Å². The Hall–Kier alpha value is -1.13. The van der Waals surface area contributed by atoms with Crippen LogP contribution in [-0.4, -0.2) is 19.0 Å².